The van der Waals surface area contributed by atoms with Crippen molar-refractivity contribution < 1.29 is 9.90 Å². The van der Waals surface area contributed by atoms with Gasteiger partial charge < -0.3 is 10.4 Å². The van der Waals surface area contributed by atoms with Gasteiger partial charge in [0.25, 0.3) is 0 Å². The molecule has 2 aromatic rings. The summed E-state index contributed by atoms with van der Waals surface area (Å²) >= 11 is 9.28. The lowest BCUT2D eigenvalue weighted by atomic mass is 9.64. The summed E-state index contributed by atoms with van der Waals surface area (Å²) in [4.78, 5) is 12.8. The van der Waals surface area contributed by atoms with E-state index in [0.717, 1.165) is 34.9 Å². The van der Waals surface area contributed by atoms with Gasteiger partial charge in [-0.1, -0.05) is 58.2 Å². The Kier molecular flexibility index (Phi) is 5.28. The molecule has 5 heteroatoms. The summed E-state index contributed by atoms with van der Waals surface area (Å²) in [5.41, 5.74) is 1.32. The van der Waals surface area contributed by atoms with Crippen molar-refractivity contribution in [2.24, 2.45) is 0 Å². The van der Waals surface area contributed by atoms with Crippen LogP contribution in [0.2, 0.25) is 5.02 Å². The maximum absolute atomic E-state index is 12.8. The molecule has 1 unspecified atom stereocenters. The number of hydrogen-bond donors (Lipinski definition) is 2. The first-order valence-electron chi connectivity index (χ1n) is 7.99. The van der Waals surface area contributed by atoms with Crippen LogP contribution < -0.4 is 5.32 Å². The van der Waals surface area contributed by atoms with Gasteiger partial charge in [-0.15, -0.1) is 0 Å². The molecule has 0 saturated heterocycles. The van der Waals surface area contributed by atoms with Crippen molar-refractivity contribution in [3.05, 3.63) is 69.2 Å². The molecule has 1 amide bonds. The van der Waals surface area contributed by atoms with Gasteiger partial charge >= 0.3 is 0 Å². The van der Waals surface area contributed by atoms with E-state index in [2.05, 4.69) is 21.2 Å². The molecule has 0 heterocycles. The fraction of sp³-hybridized carbons (Fsp3) is 0.316. The van der Waals surface area contributed by atoms with Crippen molar-refractivity contribution in [3.63, 3.8) is 0 Å². The number of hydrogen-bond acceptors (Lipinski definition) is 2. The van der Waals surface area contributed by atoms with Crippen LogP contribution in [0.3, 0.4) is 0 Å². The molecule has 2 N–H and O–H groups in total. The van der Waals surface area contributed by atoms with Crippen molar-refractivity contribution >= 4 is 33.4 Å². The minimum atomic E-state index is -0.742. The van der Waals surface area contributed by atoms with E-state index in [1.54, 1.807) is 24.3 Å². The topological polar surface area (TPSA) is 49.3 Å². The van der Waals surface area contributed by atoms with Gasteiger partial charge in [-0.2, -0.15) is 0 Å². The normalized spacial score (nSPS) is 17.0. The first-order valence-corrected chi connectivity index (χ1v) is 9.16. The average Bonchev–Trinajstić information content (AvgIpc) is 2.54. The Bertz CT molecular complexity index is 711. The number of aliphatic hydroxyl groups excluding tert-OH is 1. The molecule has 3 rings (SSSR count). The summed E-state index contributed by atoms with van der Waals surface area (Å²) in [5.74, 6) is -0.0101. The van der Waals surface area contributed by atoms with Gasteiger partial charge in [0.15, 0.2) is 0 Å². The van der Waals surface area contributed by atoms with E-state index >= 15 is 0 Å². The minimum absolute atomic E-state index is 0.0101. The number of carbonyl (C=O) groups excluding carboxylic acids is 1. The predicted octanol–water partition coefficient (Wildman–Crippen LogP) is 4.37. The van der Waals surface area contributed by atoms with Crippen LogP contribution in [-0.4, -0.2) is 17.6 Å². The Balaban J connectivity index is 1.67. The fourth-order valence-corrected chi connectivity index (χ4v) is 3.50. The summed E-state index contributed by atoms with van der Waals surface area (Å²) in [6, 6.07) is 14.9. The van der Waals surface area contributed by atoms with Crippen molar-refractivity contribution in [3.8, 4) is 0 Å². The first kappa shape index (κ1) is 17.5. The third-order valence-corrected chi connectivity index (χ3v) is 5.53. The number of nitrogens with one attached hydrogen (secondary N) is 1. The van der Waals surface area contributed by atoms with Crippen molar-refractivity contribution in [2.75, 3.05) is 6.54 Å². The zero-order valence-electron chi connectivity index (χ0n) is 13.1. The highest BCUT2D eigenvalue weighted by molar-refractivity contribution is 9.10. The minimum Gasteiger partial charge on any atom is -0.387 e. The van der Waals surface area contributed by atoms with Gasteiger partial charge in [0, 0.05) is 16.0 Å². The molecule has 0 aromatic heterocycles. The Labute approximate surface area is 155 Å². The van der Waals surface area contributed by atoms with Gasteiger partial charge in [0.1, 0.15) is 0 Å². The lowest BCUT2D eigenvalue weighted by Crippen LogP contribution is -2.50. The highest BCUT2D eigenvalue weighted by Crippen LogP contribution is 2.44. The summed E-state index contributed by atoms with van der Waals surface area (Å²) in [7, 11) is 0. The summed E-state index contributed by atoms with van der Waals surface area (Å²) in [5, 5.41) is 13.8. The number of rotatable bonds is 5. The monoisotopic (exact) mass is 407 g/mol. The zero-order chi connectivity index (χ0) is 17.2. The number of benzene rings is 2. The summed E-state index contributed by atoms with van der Waals surface area (Å²) in [6.07, 6.45) is 1.99. The van der Waals surface area contributed by atoms with E-state index in [9.17, 15) is 9.90 Å². The zero-order valence-corrected chi connectivity index (χ0v) is 15.5. The molecular weight excluding hydrogens is 390 g/mol. The SMILES string of the molecule is O=C(NCC(O)c1ccc(Cl)cc1)C1(c2ccc(Br)cc2)CCC1. The van der Waals surface area contributed by atoms with E-state index < -0.39 is 11.5 Å². The Morgan fingerprint density at radius 1 is 1.17 bits per heavy atom. The number of amides is 1. The van der Waals surface area contributed by atoms with Gasteiger partial charge in [0.2, 0.25) is 5.91 Å². The predicted molar refractivity (Wildman–Crippen MR) is 99.1 cm³/mol. The molecule has 24 heavy (non-hydrogen) atoms. The van der Waals surface area contributed by atoms with Gasteiger partial charge in [-0.05, 0) is 48.2 Å². The van der Waals surface area contributed by atoms with E-state index in [1.807, 2.05) is 24.3 Å². The van der Waals surface area contributed by atoms with Gasteiger partial charge in [0.05, 0.1) is 11.5 Å². The summed E-state index contributed by atoms with van der Waals surface area (Å²) < 4.78 is 0.999. The highest BCUT2D eigenvalue weighted by atomic mass is 79.9. The van der Waals surface area contributed by atoms with Crippen LogP contribution in [0, 0.1) is 0 Å². The lowest BCUT2D eigenvalue weighted by Gasteiger charge is -2.41. The lowest BCUT2D eigenvalue weighted by molar-refractivity contribution is -0.130. The average molecular weight is 409 g/mol. The molecule has 0 spiro atoms. The van der Waals surface area contributed by atoms with E-state index in [-0.39, 0.29) is 12.5 Å². The summed E-state index contributed by atoms with van der Waals surface area (Å²) in [6.45, 7) is 0.193. The van der Waals surface area contributed by atoms with Crippen LogP contribution in [0.5, 0.6) is 0 Å². The Morgan fingerprint density at radius 3 is 2.33 bits per heavy atom. The molecule has 1 aliphatic carbocycles. The van der Waals surface area contributed by atoms with Crippen molar-refractivity contribution in [2.45, 2.75) is 30.8 Å². The second-order valence-corrected chi connectivity index (χ2v) is 7.57. The van der Waals surface area contributed by atoms with E-state index in [0.29, 0.717) is 5.02 Å². The molecule has 1 fully saturated rings. The van der Waals surface area contributed by atoms with E-state index in [1.165, 1.54) is 0 Å². The molecule has 1 aliphatic rings. The maximum atomic E-state index is 12.8. The quantitative estimate of drug-likeness (QED) is 0.771. The number of halogens is 2. The highest BCUT2D eigenvalue weighted by Gasteiger charge is 2.45. The fourth-order valence-electron chi connectivity index (χ4n) is 3.11. The Hall–Kier alpha value is -1.36. The van der Waals surface area contributed by atoms with Crippen molar-refractivity contribution in [1.29, 1.82) is 0 Å². The Morgan fingerprint density at radius 2 is 1.79 bits per heavy atom. The molecule has 2 aromatic carbocycles. The standard InChI is InChI=1S/C19H19BrClNO2/c20-15-6-4-14(5-7-15)19(10-1-11-19)18(24)22-12-17(23)13-2-8-16(21)9-3-13/h2-9,17,23H,1,10-12H2,(H,22,24). The van der Waals surface area contributed by atoms with Crippen LogP contribution in [0.25, 0.3) is 0 Å². The number of carbonyl (C=O) groups is 1. The van der Waals surface area contributed by atoms with Crippen LogP contribution in [-0.2, 0) is 10.2 Å². The van der Waals surface area contributed by atoms with Gasteiger partial charge in [-0.3, -0.25) is 4.79 Å². The van der Waals surface area contributed by atoms with Crippen LogP contribution in [0.1, 0.15) is 36.5 Å². The number of aliphatic hydroxyl groups is 1. The molecule has 0 bridgehead atoms. The first-order chi connectivity index (χ1) is 11.5. The second kappa shape index (κ2) is 7.26. The smallest absolute Gasteiger partial charge is 0.230 e. The molecular formula is C19H19BrClNO2. The van der Waals surface area contributed by atoms with Crippen LogP contribution in [0.15, 0.2) is 53.0 Å². The third kappa shape index (κ3) is 3.51. The molecule has 0 aliphatic heterocycles. The van der Waals surface area contributed by atoms with Crippen LogP contribution >= 0.6 is 27.5 Å². The third-order valence-electron chi connectivity index (χ3n) is 4.75. The maximum Gasteiger partial charge on any atom is 0.230 e. The molecule has 1 atom stereocenters. The van der Waals surface area contributed by atoms with Crippen LogP contribution in [0.4, 0.5) is 0 Å². The van der Waals surface area contributed by atoms with Gasteiger partial charge in [-0.25, -0.2) is 0 Å². The molecule has 0 radical (unpaired) electrons. The molecule has 126 valence electrons. The van der Waals surface area contributed by atoms with E-state index in [4.69, 9.17) is 11.6 Å². The largest absolute Gasteiger partial charge is 0.387 e. The second-order valence-electron chi connectivity index (χ2n) is 6.22. The molecule has 1 saturated carbocycles. The van der Waals surface area contributed by atoms with Crippen molar-refractivity contribution in [1.82, 2.24) is 5.32 Å². The molecule has 3 nitrogen and oxygen atoms in total.